The first kappa shape index (κ1) is 18.5. The van der Waals surface area contributed by atoms with Gasteiger partial charge in [0, 0.05) is 18.0 Å². The highest BCUT2D eigenvalue weighted by Crippen LogP contribution is 2.32. The summed E-state index contributed by atoms with van der Waals surface area (Å²) in [4.78, 5) is 23.8. The molecule has 0 bridgehead atoms. The first-order valence-corrected chi connectivity index (χ1v) is 9.60. The van der Waals surface area contributed by atoms with E-state index in [1.807, 2.05) is 47.2 Å². The van der Waals surface area contributed by atoms with E-state index in [1.165, 1.54) is 6.33 Å². The van der Waals surface area contributed by atoms with Gasteiger partial charge >= 0.3 is 0 Å². The third-order valence-electron chi connectivity index (χ3n) is 5.38. The van der Waals surface area contributed by atoms with Crippen molar-refractivity contribution in [2.24, 2.45) is 5.41 Å². The molecule has 0 saturated carbocycles. The molecular weight excluding hydrogens is 384 g/mol. The molecule has 4 heterocycles. The van der Waals surface area contributed by atoms with Crippen molar-refractivity contribution >= 4 is 11.0 Å². The highest BCUT2D eigenvalue weighted by molar-refractivity contribution is 5.94. The minimum atomic E-state index is -0.311. The SMILES string of the molecule is O=c1[nH]cnc2c1c(-c1ccc(OCC3(CO)COC3)cc1)cn2-c1cccnc1. The number of nitrogens with one attached hydrogen (secondary N) is 1. The van der Waals surface area contributed by atoms with Crippen molar-refractivity contribution in [1.29, 1.82) is 0 Å². The molecule has 1 aliphatic heterocycles. The second kappa shape index (κ2) is 7.40. The van der Waals surface area contributed by atoms with Gasteiger partial charge in [-0.2, -0.15) is 0 Å². The molecule has 1 fully saturated rings. The maximum atomic E-state index is 12.6. The van der Waals surface area contributed by atoms with Gasteiger partial charge in [0.2, 0.25) is 0 Å². The van der Waals surface area contributed by atoms with Crippen LogP contribution in [0.1, 0.15) is 0 Å². The fraction of sp³-hybridized carbons (Fsp3) is 0.227. The highest BCUT2D eigenvalue weighted by atomic mass is 16.5. The van der Waals surface area contributed by atoms with Crippen LogP contribution in [0.5, 0.6) is 5.75 Å². The molecule has 2 N–H and O–H groups in total. The maximum absolute atomic E-state index is 12.6. The van der Waals surface area contributed by atoms with Gasteiger partial charge < -0.3 is 19.6 Å². The third-order valence-corrected chi connectivity index (χ3v) is 5.38. The molecule has 0 aliphatic carbocycles. The monoisotopic (exact) mass is 404 g/mol. The van der Waals surface area contributed by atoms with Crippen molar-refractivity contribution in [3.63, 3.8) is 0 Å². The molecule has 0 radical (unpaired) electrons. The number of aliphatic hydroxyl groups is 1. The lowest BCUT2D eigenvalue weighted by Gasteiger charge is -2.39. The van der Waals surface area contributed by atoms with Crippen LogP contribution < -0.4 is 10.3 Å². The second-order valence-corrected chi connectivity index (χ2v) is 7.52. The zero-order chi connectivity index (χ0) is 20.6. The number of rotatable bonds is 6. The highest BCUT2D eigenvalue weighted by Gasteiger charge is 2.39. The number of aromatic amines is 1. The molecule has 0 spiro atoms. The number of benzene rings is 1. The lowest BCUT2D eigenvalue weighted by atomic mass is 9.88. The Bertz CT molecular complexity index is 1220. The summed E-state index contributed by atoms with van der Waals surface area (Å²) >= 11 is 0. The molecule has 152 valence electrons. The van der Waals surface area contributed by atoms with Crippen molar-refractivity contribution < 1.29 is 14.6 Å². The Morgan fingerprint density at radius 2 is 2.07 bits per heavy atom. The smallest absolute Gasteiger partial charge is 0.260 e. The molecule has 3 aromatic heterocycles. The normalized spacial score (nSPS) is 15.1. The predicted octanol–water partition coefficient (Wildman–Crippen LogP) is 2.16. The van der Waals surface area contributed by atoms with Gasteiger partial charge in [-0.05, 0) is 29.8 Å². The second-order valence-electron chi connectivity index (χ2n) is 7.52. The number of hydrogen-bond donors (Lipinski definition) is 2. The minimum absolute atomic E-state index is 0.0364. The Balaban J connectivity index is 1.50. The van der Waals surface area contributed by atoms with Crippen LogP contribution in [0.25, 0.3) is 27.8 Å². The van der Waals surface area contributed by atoms with E-state index in [0.717, 1.165) is 16.8 Å². The average Bonchev–Trinajstić information content (AvgIpc) is 3.15. The predicted molar refractivity (Wildman–Crippen MR) is 111 cm³/mol. The van der Waals surface area contributed by atoms with Crippen molar-refractivity contribution in [3.05, 3.63) is 71.7 Å². The van der Waals surface area contributed by atoms with Gasteiger partial charge in [0.15, 0.2) is 5.65 Å². The summed E-state index contributed by atoms with van der Waals surface area (Å²) in [6.45, 7) is 1.44. The van der Waals surface area contributed by atoms with Gasteiger partial charge in [-0.25, -0.2) is 4.98 Å². The lowest BCUT2D eigenvalue weighted by Crippen LogP contribution is -2.49. The molecular formula is C22H20N4O4. The number of hydrogen-bond acceptors (Lipinski definition) is 6. The standard InChI is InChI=1S/C22H20N4O4/c27-10-22(11-29-12-22)13-30-17-5-3-15(4-6-17)18-9-26(16-2-1-7-23-8-16)20-19(18)21(28)25-14-24-20/h1-9,14,27H,10-13H2,(H,24,25,28). The van der Waals surface area contributed by atoms with E-state index in [-0.39, 0.29) is 17.6 Å². The molecule has 5 rings (SSSR count). The van der Waals surface area contributed by atoms with Crippen LogP contribution in [0.2, 0.25) is 0 Å². The molecule has 0 atom stereocenters. The molecule has 1 saturated heterocycles. The topological polar surface area (TPSA) is 102 Å². The Morgan fingerprint density at radius 1 is 1.23 bits per heavy atom. The van der Waals surface area contributed by atoms with Crippen LogP contribution in [0.15, 0.2) is 66.1 Å². The molecule has 8 heteroatoms. The number of aliphatic hydroxyl groups excluding tert-OH is 1. The van der Waals surface area contributed by atoms with Crippen LogP contribution in [-0.2, 0) is 4.74 Å². The van der Waals surface area contributed by atoms with Crippen molar-refractivity contribution in [3.8, 4) is 22.6 Å². The molecule has 1 aliphatic rings. The first-order valence-electron chi connectivity index (χ1n) is 9.60. The average molecular weight is 404 g/mol. The fourth-order valence-electron chi connectivity index (χ4n) is 3.56. The summed E-state index contributed by atoms with van der Waals surface area (Å²) in [7, 11) is 0. The summed E-state index contributed by atoms with van der Waals surface area (Å²) in [5, 5.41) is 10.0. The third kappa shape index (κ3) is 3.16. The summed E-state index contributed by atoms with van der Waals surface area (Å²) in [5.41, 5.74) is 2.52. The van der Waals surface area contributed by atoms with E-state index in [4.69, 9.17) is 9.47 Å². The minimum Gasteiger partial charge on any atom is -0.493 e. The molecule has 4 aromatic rings. The molecule has 30 heavy (non-hydrogen) atoms. The molecule has 1 aromatic carbocycles. The summed E-state index contributed by atoms with van der Waals surface area (Å²) < 4.78 is 12.9. The first-order chi connectivity index (χ1) is 14.7. The number of fused-ring (bicyclic) bond motifs is 1. The van der Waals surface area contributed by atoms with Crippen molar-refractivity contribution in [1.82, 2.24) is 19.5 Å². The van der Waals surface area contributed by atoms with Crippen LogP contribution in [0, 0.1) is 5.41 Å². The summed E-state index contributed by atoms with van der Waals surface area (Å²) in [6, 6.07) is 11.3. The number of aromatic nitrogens is 4. The zero-order valence-corrected chi connectivity index (χ0v) is 16.1. The van der Waals surface area contributed by atoms with Crippen LogP contribution in [0.3, 0.4) is 0 Å². The number of pyridine rings is 1. The number of H-pyrrole nitrogens is 1. The van der Waals surface area contributed by atoms with E-state index < -0.39 is 0 Å². The van der Waals surface area contributed by atoms with Crippen LogP contribution >= 0.6 is 0 Å². The quantitative estimate of drug-likeness (QED) is 0.511. The van der Waals surface area contributed by atoms with E-state index >= 15 is 0 Å². The van der Waals surface area contributed by atoms with E-state index in [0.29, 0.717) is 36.6 Å². The Kier molecular flexibility index (Phi) is 4.57. The Hall–Kier alpha value is -3.49. The molecule has 8 nitrogen and oxygen atoms in total. The van der Waals surface area contributed by atoms with E-state index in [2.05, 4.69) is 15.0 Å². The molecule has 0 unspecified atom stereocenters. The Morgan fingerprint density at radius 3 is 2.73 bits per heavy atom. The number of nitrogens with zero attached hydrogens (tertiary/aromatic N) is 3. The van der Waals surface area contributed by atoms with E-state index in [9.17, 15) is 9.90 Å². The van der Waals surface area contributed by atoms with Gasteiger partial charge in [0.05, 0.1) is 48.8 Å². The summed E-state index contributed by atoms with van der Waals surface area (Å²) in [5.74, 6) is 0.696. The van der Waals surface area contributed by atoms with Crippen LogP contribution in [0.4, 0.5) is 0 Å². The van der Waals surface area contributed by atoms with Gasteiger partial charge in [-0.3, -0.25) is 14.3 Å². The van der Waals surface area contributed by atoms with Gasteiger partial charge in [-0.1, -0.05) is 12.1 Å². The van der Waals surface area contributed by atoms with Crippen molar-refractivity contribution in [2.75, 3.05) is 26.4 Å². The van der Waals surface area contributed by atoms with Crippen LogP contribution in [-0.4, -0.2) is 51.1 Å². The van der Waals surface area contributed by atoms with Crippen molar-refractivity contribution in [2.45, 2.75) is 0 Å². The number of ether oxygens (including phenoxy) is 2. The molecule has 0 amide bonds. The lowest BCUT2D eigenvalue weighted by molar-refractivity contribution is -0.153. The summed E-state index contributed by atoms with van der Waals surface area (Å²) in [6.07, 6.45) is 6.72. The van der Waals surface area contributed by atoms with Gasteiger partial charge in [0.1, 0.15) is 12.4 Å². The van der Waals surface area contributed by atoms with Gasteiger partial charge in [-0.15, -0.1) is 0 Å². The maximum Gasteiger partial charge on any atom is 0.260 e. The fourth-order valence-corrected chi connectivity index (χ4v) is 3.56. The van der Waals surface area contributed by atoms with Gasteiger partial charge in [0.25, 0.3) is 5.56 Å². The zero-order valence-electron chi connectivity index (χ0n) is 16.1. The Labute approximate surface area is 171 Å². The van der Waals surface area contributed by atoms with E-state index in [1.54, 1.807) is 12.4 Å². The largest absolute Gasteiger partial charge is 0.493 e.